The van der Waals surface area contributed by atoms with Gasteiger partial charge in [-0.2, -0.15) is 0 Å². The third-order valence-electron chi connectivity index (χ3n) is 3.24. The van der Waals surface area contributed by atoms with Gasteiger partial charge < -0.3 is 9.47 Å². The Hall–Kier alpha value is -1.28. The van der Waals surface area contributed by atoms with E-state index in [1.165, 1.54) is 24.8 Å². The van der Waals surface area contributed by atoms with Crippen LogP contribution in [-0.2, 0) is 11.2 Å². The van der Waals surface area contributed by atoms with Gasteiger partial charge >= 0.3 is 0 Å². The molecule has 1 aromatic carbocycles. The van der Waals surface area contributed by atoms with E-state index in [1.54, 1.807) is 0 Å². The molecule has 1 unspecified atom stereocenters. The molecule has 1 atom stereocenters. The van der Waals surface area contributed by atoms with Crippen LogP contribution >= 0.6 is 0 Å². The van der Waals surface area contributed by atoms with Gasteiger partial charge in [-0.05, 0) is 37.3 Å². The van der Waals surface area contributed by atoms with E-state index in [2.05, 4.69) is 37.3 Å². The largest absolute Gasteiger partial charge is 0.491 e. The van der Waals surface area contributed by atoms with Crippen LogP contribution in [0, 0.1) is 0 Å². The first-order chi connectivity index (χ1) is 9.40. The molecule has 1 aliphatic heterocycles. The van der Waals surface area contributed by atoms with E-state index < -0.39 is 0 Å². The van der Waals surface area contributed by atoms with Gasteiger partial charge in [0.1, 0.15) is 18.5 Å². The average molecular weight is 260 g/mol. The maximum Gasteiger partial charge on any atom is 0.122 e. The Bertz CT molecular complexity index is 394. The van der Waals surface area contributed by atoms with Gasteiger partial charge in [-0.15, -0.1) is 0 Å². The molecule has 0 N–H and O–H groups in total. The zero-order valence-electron chi connectivity index (χ0n) is 11.8. The molecule has 0 saturated carbocycles. The fourth-order valence-electron chi connectivity index (χ4n) is 2.01. The van der Waals surface area contributed by atoms with Crippen molar-refractivity contribution in [3.63, 3.8) is 0 Å². The van der Waals surface area contributed by atoms with Crippen molar-refractivity contribution in [2.45, 2.75) is 45.1 Å². The number of ether oxygens (including phenoxy) is 2. The van der Waals surface area contributed by atoms with Gasteiger partial charge in [0.2, 0.25) is 0 Å². The first kappa shape index (κ1) is 14.1. The SMILES string of the molecule is CCC/C=C/CCCc1ccccc1OCC1CO1. The molecule has 0 amide bonds. The lowest BCUT2D eigenvalue weighted by Gasteiger charge is -2.10. The van der Waals surface area contributed by atoms with Crippen molar-refractivity contribution in [1.82, 2.24) is 0 Å². The Morgan fingerprint density at radius 3 is 2.84 bits per heavy atom. The van der Waals surface area contributed by atoms with Crippen molar-refractivity contribution >= 4 is 0 Å². The Labute approximate surface area is 116 Å². The standard InChI is InChI=1S/C17H24O2/c1-2-3-4-5-6-7-10-15-11-8-9-12-17(15)19-14-16-13-18-16/h4-5,8-9,11-12,16H,2-3,6-7,10,13-14H2,1H3/b5-4+. The Kier molecular flexibility index (Phi) is 5.96. The normalized spacial score (nSPS) is 17.8. The molecule has 19 heavy (non-hydrogen) atoms. The number of benzene rings is 1. The highest BCUT2D eigenvalue weighted by atomic mass is 16.6. The third kappa shape index (κ3) is 5.48. The van der Waals surface area contributed by atoms with Gasteiger partial charge in [-0.25, -0.2) is 0 Å². The molecule has 0 bridgehead atoms. The van der Waals surface area contributed by atoms with Crippen molar-refractivity contribution in [3.05, 3.63) is 42.0 Å². The molecule has 0 radical (unpaired) electrons. The fraction of sp³-hybridized carbons (Fsp3) is 0.529. The topological polar surface area (TPSA) is 21.8 Å². The van der Waals surface area contributed by atoms with Crippen molar-refractivity contribution in [3.8, 4) is 5.75 Å². The van der Waals surface area contributed by atoms with Gasteiger partial charge in [0.25, 0.3) is 0 Å². The van der Waals surface area contributed by atoms with Crippen LogP contribution in [0.5, 0.6) is 5.75 Å². The van der Waals surface area contributed by atoms with Crippen molar-refractivity contribution in [2.24, 2.45) is 0 Å². The molecule has 0 aliphatic carbocycles. The molecule has 1 heterocycles. The van der Waals surface area contributed by atoms with Crippen LogP contribution in [0.1, 0.15) is 38.2 Å². The third-order valence-corrected chi connectivity index (χ3v) is 3.24. The number of aryl methyl sites for hydroxylation is 1. The summed E-state index contributed by atoms with van der Waals surface area (Å²) < 4.78 is 11.0. The van der Waals surface area contributed by atoms with Gasteiger partial charge in [0, 0.05) is 0 Å². The summed E-state index contributed by atoms with van der Waals surface area (Å²) in [4.78, 5) is 0. The second kappa shape index (κ2) is 8.00. The van der Waals surface area contributed by atoms with Crippen LogP contribution in [0.2, 0.25) is 0 Å². The minimum atomic E-state index is 0.324. The molecule has 2 nitrogen and oxygen atoms in total. The van der Waals surface area contributed by atoms with Crippen molar-refractivity contribution in [2.75, 3.05) is 13.2 Å². The number of hydrogen-bond donors (Lipinski definition) is 0. The smallest absolute Gasteiger partial charge is 0.122 e. The van der Waals surface area contributed by atoms with Gasteiger partial charge in [-0.3, -0.25) is 0 Å². The van der Waals surface area contributed by atoms with E-state index in [4.69, 9.17) is 9.47 Å². The van der Waals surface area contributed by atoms with Gasteiger partial charge in [-0.1, -0.05) is 43.7 Å². The summed E-state index contributed by atoms with van der Waals surface area (Å²) in [5, 5.41) is 0. The number of para-hydroxylation sites is 1. The number of allylic oxidation sites excluding steroid dienone is 2. The molecular formula is C17H24O2. The summed E-state index contributed by atoms with van der Waals surface area (Å²) in [6.07, 6.45) is 10.7. The lowest BCUT2D eigenvalue weighted by atomic mass is 10.1. The molecule has 1 fully saturated rings. The number of unbranched alkanes of at least 4 members (excludes halogenated alkanes) is 2. The molecule has 1 aromatic rings. The quantitative estimate of drug-likeness (QED) is 0.378. The predicted molar refractivity (Wildman–Crippen MR) is 78.7 cm³/mol. The van der Waals surface area contributed by atoms with Crippen molar-refractivity contribution < 1.29 is 9.47 Å². The first-order valence-electron chi connectivity index (χ1n) is 7.37. The Morgan fingerprint density at radius 1 is 1.26 bits per heavy atom. The van der Waals surface area contributed by atoms with E-state index in [0.717, 1.165) is 25.2 Å². The Morgan fingerprint density at radius 2 is 2.05 bits per heavy atom. The number of rotatable bonds is 9. The lowest BCUT2D eigenvalue weighted by molar-refractivity contribution is 0.261. The van der Waals surface area contributed by atoms with Gasteiger partial charge in [0.15, 0.2) is 0 Å². The van der Waals surface area contributed by atoms with Crippen LogP contribution in [0.15, 0.2) is 36.4 Å². The minimum Gasteiger partial charge on any atom is -0.491 e. The molecular weight excluding hydrogens is 236 g/mol. The molecule has 2 rings (SSSR count). The zero-order chi connectivity index (χ0) is 13.3. The molecule has 0 aromatic heterocycles. The van der Waals surface area contributed by atoms with Crippen LogP contribution in [0.25, 0.3) is 0 Å². The second-order valence-corrected chi connectivity index (χ2v) is 5.03. The average Bonchev–Trinajstić information content (AvgIpc) is 3.25. The molecule has 2 heteroatoms. The monoisotopic (exact) mass is 260 g/mol. The highest BCUT2D eigenvalue weighted by molar-refractivity contribution is 5.33. The summed E-state index contributed by atoms with van der Waals surface area (Å²) in [6, 6.07) is 8.35. The summed E-state index contributed by atoms with van der Waals surface area (Å²) >= 11 is 0. The van der Waals surface area contributed by atoms with Crippen LogP contribution in [-0.4, -0.2) is 19.3 Å². The predicted octanol–water partition coefficient (Wildman–Crippen LogP) is 4.14. The first-order valence-corrected chi connectivity index (χ1v) is 7.37. The molecule has 1 aliphatic rings. The van der Waals surface area contributed by atoms with Crippen molar-refractivity contribution in [1.29, 1.82) is 0 Å². The van der Waals surface area contributed by atoms with E-state index >= 15 is 0 Å². The second-order valence-electron chi connectivity index (χ2n) is 5.03. The molecule has 1 saturated heterocycles. The van der Waals surface area contributed by atoms with Crippen LogP contribution < -0.4 is 4.74 Å². The van der Waals surface area contributed by atoms with E-state index in [0.29, 0.717) is 12.7 Å². The number of epoxide rings is 1. The van der Waals surface area contributed by atoms with Crippen LogP contribution in [0.3, 0.4) is 0 Å². The highest BCUT2D eigenvalue weighted by Gasteiger charge is 2.23. The van der Waals surface area contributed by atoms with E-state index in [1.807, 2.05) is 6.07 Å². The lowest BCUT2D eigenvalue weighted by Crippen LogP contribution is -2.05. The van der Waals surface area contributed by atoms with E-state index in [-0.39, 0.29) is 0 Å². The molecule has 104 valence electrons. The van der Waals surface area contributed by atoms with Crippen LogP contribution in [0.4, 0.5) is 0 Å². The zero-order valence-corrected chi connectivity index (χ0v) is 11.8. The maximum atomic E-state index is 5.81. The fourth-order valence-corrected chi connectivity index (χ4v) is 2.01. The number of hydrogen-bond acceptors (Lipinski definition) is 2. The summed E-state index contributed by atoms with van der Waals surface area (Å²) in [6.45, 7) is 3.75. The maximum absolute atomic E-state index is 5.81. The van der Waals surface area contributed by atoms with E-state index in [9.17, 15) is 0 Å². The minimum absolute atomic E-state index is 0.324. The molecule has 0 spiro atoms. The summed E-state index contributed by atoms with van der Waals surface area (Å²) in [5.74, 6) is 1.02. The Balaban J connectivity index is 1.74. The summed E-state index contributed by atoms with van der Waals surface area (Å²) in [5.41, 5.74) is 1.31. The van der Waals surface area contributed by atoms with Gasteiger partial charge in [0.05, 0.1) is 6.61 Å². The summed E-state index contributed by atoms with van der Waals surface area (Å²) in [7, 11) is 0. The highest BCUT2D eigenvalue weighted by Crippen LogP contribution is 2.22.